The van der Waals surface area contributed by atoms with E-state index in [4.69, 9.17) is 19.6 Å². The van der Waals surface area contributed by atoms with Crippen LogP contribution < -0.4 is 0 Å². The quantitative estimate of drug-likeness (QED) is 0.605. The molecule has 0 aromatic carbocycles. The van der Waals surface area contributed by atoms with Gasteiger partial charge in [-0.05, 0) is 42.7 Å². The van der Waals surface area contributed by atoms with Crippen molar-refractivity contribution in [2.45, 2.75) is 44.9 Å². The standard InChI is InChI=1S/C21H30N4O2S.C2HF3O2/c1-16(2)25-12-19(22-15-25)18-11-23(10-17-4-9-28-13-17)14-21(18)5-6-24(20(21)26)7-8-27-3;3-2(4,5)1(6)7/h4,9,12-13,15-16,18H,5-8,10-11,14H2,1-3H3;(H,6,7). The number of aliphatic carboxylic acids is 1. The molecular formula is C23H31F3N4O4S. The summed E-state index contributed by atoms with van der Waals surface area (Å²) in [6.45, 7) is 8.99. The van der Waals surface area contributed by atoms with Crippen molar-refractivity contribution < 1.29 is 32.6 Å². The lowest BCUT2D eigenvalue weighted by Gasteiger charge is -2.28. The molecule has 2 saturated heterocycles. The highest BCUT2D eigenvalue weighted by Crippen LogP contribution is 2.49. The summed E-state index contributed by atoms with van der Waals surface area (Å²) in [4.78, 5) is 31.6. The Kier molecular flexibility index (Phi) is 8.60. The Morgan fingerprint density at radius 3 is 2.66 bits per heavy atom. The van der Waals surface area contributed by atoms with E-state index in [1.165, 1.54) is 5.56 Å². The number of carbonyl (C=O) groups is 2. The third kappa shape index (κ3) is 6.22. The Morgan fingerprint density at radius 1 is 1.40 bits per heavy atom. The summed E-state index contributed by atoms with van der Waals surface area (Å²) in [6, 6.07) is 2.55. The number of amides is 1. The number of alkyl halides is 3. The number of likely N-dealkylation sites (tertiary alicyclic amines) is 2. The summed E-state index contributed by atoms with van der Waals surface area (Å²) >= 11 is 1.73. The number of thiophene rings is 1. The highest BCUT2D eigenvalue weighted by atomic mass is 32.1. The number of aromatic nitrogens is 2. The van der Waals surface area contributed by atoms with Crippen LogP contribution in [-0.2, 0) is 20.9 Å². The lowest BCUT2D eigenvalue weighted by atomic mass is 9.75. The van der Waals surface area contributed by atoms with Crippen molar-refractivity contribution in [3.8, 4) is 0 Å². The molecule has 35 heavy (non-hydrogen) atoms. The van der Waals surface area contributed by atoms with Gasteiger partial charge in [0.05, 0.1) is 24.0 Å². The highest BCUT2D eigenvalue weighted by Gasteiger charge is 2.57. The van der Waals surface area contributed by atoms with Crippen LogP contribution in [0, 0.1) is 5.41 Å². The van der Waals surface area contributed by atoms with Crippen molar-refractivity contribution in [1.82, 2.24) is 19.4 Å². The van der Waals surface area contributed by atoms with E-state index < -0.39 is 12.1 Å². The summed E-state index contributed by atoms with van der Waals surface area (Å²) in [6.07, 6.45) is -0.123. The Labute approximate surface area is 206 Å². The molecule has 4 heterocycles. The second-order valence-corrected chi connectivity index (χ2v) is 9.97. The van der Waals surface area contributed by atoms with Crippen LogP contribution in [0.3, 0.4) is 0 Å². The van der Waals surface area contributed by atoms with Crippen molar-refractivity contribution >= 4 is 23.2 Å². The first-order chi connectivity index (χ1) is 16.5. The van der Waals surface area contributed by atoms with E-state index in [0.717, 1.165) is 38.3 Å². The fourth-order valence-corrected chi connectivity index (χ4v) is 5.36. The van der Waals surface area contributed by atoms with Gasteiger partial charge in [-0.25, -0.2) is 9.78 Å². The van der Waals surface area contributed by atoms with Gasteiger partial charge < -0.3 is 19.3 Å². The maximum Gasteiger partial charge on any atom is 0.490 e. The molecule has 8 nitrogen and oxygen atoms in total. The van der Waals surface area contributed by atoms with Crippen LogP contribution in [0.2, 0.25) is 0 Å². The minimum Gasteiger partial charge on any atom is -0.475 e. The average Bonchev–Trinajstić information content (AvgIpc) is 3.57. The second kappa shape index (κ2) is 11.1. The number of hydrogen-bond acceptors (Lipinski definition) is 6. The molecule has 2 aromatic heterocycles. The van der Waals surface area contributed by atoms with E-state index >= 15 is 0 Å². The van der Waals surface area contributed by atoms with Crippen LogP contribution in [0.5, 0.6) is 0 Å². The molecule has 1 spiro atoms. The number of rotatable bonds is 7. The Hall–Kier alpha value is -2.44. The largest absolute Gasteiger partial charge is 0.490 e. The monoisotopic (exact) mass is 516 g/mol. The lowest BCUT2D eigenvalue weighted by Crippen LogP contribution is -2.40. The molecule has 0 bridgehead atoms. The highest BCUT2D eigenvalue weighted by molar-refractivity contribution is 7.07. The molecule has 12 heteroatoms. The van der Waals surface area contributed by atoms with E-state index in [-0.39, 0.29) is 17.2 Å². The number of ether oxygens (including phenoxy) is 1. The van der Waals surface area contributed by atoms with Gasteiger partial charge in [-0.1, -0.05) is 0 Å². The Balaban J connectivity index is 0.000000429. The molecule has 0 aliphatic carbocycles. The molecule has 2 unspecified atom stereocenters. The Morgan fingerprint density at radius 2 is 2.11 bits per heavy atom. The van der Waals surface area contributed by atoms with Gasteiger partial charge in [0, 0.05) is 58.0 Å². The van der Waals surface area contributed by atoms with E-state index in [9.17, 15) is 18.0 Å². The third-order valence-corrected chi connectivity index (χ3v) is 7.26. The number of imidazole rings is 1. The number of nitrogens with zero attached hydrogens (tertiary/aromatic N) is 4. The smallest absolute Gasteiger partial charge is 0.475 e. The molecule has 1 N–H and O–H groups in total. The van der Waals surface area contributed by atoms with Crippen molar-refractivity contribution in [3.05, 3.63) is 40.6 Å². The fourth-order valence-electron chi connectivity index (χ4n) is 4.70. The van der Waals surface area contributed by atoms with Crippen LogP contribution in [0.1, 0.15) is 43.5 Å². The first-order valence-corrected chi connectivity index (χ1v) is 12.3. The van der Waals surface area contributed by atoms with Gasteiger partial charge in [0.2, 0.25) is 5.91 Å². The molecule has 0 saturated carbocycles. The van der Waals surface area contributed by atoms with Crippen LogP contribution in [0.25, 0.3) is 0 Å². The summed E-state index contributed by atoms with van der Waals surface area (Å²) in [7, 11) is 1.69. The van der Waals surface area contributed by atoms with Gasteiger partial charge in [-0.2, -0.15) is 24.5 Å². The van der Waals surface area contributed by atoms with Gasteiger partial charge in [-0.3, -0.25) is 9.69 Å². The SMILES string of the molecule is COCCN1CCC2(CN(Cc3ccsc3)CC2c2cn(C(C)C)cn2)C1=O.O=C(O)C(F)(F)F. The van der Waals surface area contributed by atoms with E-state index in [1.807, 2.05) is 11.2 Å². The van der Waals surface area contributed by atoms with Gasteiger partial charge in [0.15, 0.2) is 0 Å². The number of carboxylic acids is 1. The summed E-state index contributed by atoms with van der Waals surface area (Å²) in [5.41, 5.74) is 2.03. The van der Waals surface area contributed by atoms with E-state index in [1.54, 1.807) is 18.4 Å². The number of carbonyl (C=O) groups excluding carboxylic acids is 1. The van der Waals surface area contributed by atoms with Crippen molar-refractivity contribution in [2.24, 2.45) is 5.41 Å². The topological polar surface area (TPSA) is 87.9 Å². The predicted molar refractivity (Wildman–Crippen MR) is 124 cm³/mol. The number of methoxy groups -OCH3 is 1. The van der Waals surface area contributed by atoms with Crippen LogP contribution in [0.4, 0.5) is 13.2 Å². The van der Waals surface area contributed by atoms with Crippen LogP contribution in [-0.4, -0.2) is 82.4 Å². The first-order valence-electron chi connectivity index (χ1n) is 11.3. The first kappa shape index (κ1) is 27.2. The van der Waals surface area contributed by atoms with Crippen LogP contribution in [0.15, 0.2) is 29.4 Å². The zero-order chi connectivity index (χ0) is 25.8. The molecule has 2 aliphatic rings. The zero-order valence-electron chi connectivity index (χ0n) is 20.0. The predicted octanol–water partition coefficient (Wildman–Crippen LogP) is 3.62. The number of carboxylic acid groups (broad SMARTS) is 1. The molecule has 194 valence electrons. The van der Waals surface area contributed by atoms with Crippen molar-refractivity contribution in [2.75, 3.05) is 39.9 Å². The fraction of sp³-hybridized carbons (Fsp3) is 0.609. The molecule has 2 aromatic rings. The lowest BCUT2D eigenvalue weighted by molar-refractivity contribution is -0.192. The molecule has 4 rings (SSSR count). The van der Waals surface area contributed by atoms with Gasteiger partial charge in [0.25, 0.3) is 0 Å². The molecular weight excluding hydrogens is 485 g/mol. The van der Waals surface area contributed by atoms with Crippen molar-refractivity contribution in [3.63, 3.8) is 0 Å². The summed E-state index contributed by atoms with van der Waals surface area (Å²) in [5.74, 6) is -2.33. The molecule has 2 aliphatic heterocycles. The summed E-state index contributed by atoms with van der Waals surface area (Å²) in [5, 5.41) is 11.4. The van der Waals surface area contributed by atoms with Crippen molar-refractivity contribution in [1.29, 1.82) is 0 Å². The maximum absolute atomic E-state index is 13.5. The van der Waals surface area contributed by atoms with Gasteiger partial charge >= 0.3 is 12.1 Å². The molecule has 1 amide bonds. The molecule has 0 radical (unpaired) electrons. The number of hydrogen-bond donors (Lipinski definition) is 1. The Bertz CT molecular complexity index is 995. The normalized spacial score (nSPS) is 22.8. The van der Waals surface area contributed by atoms with Gasteiger partial charge in [0.1, 0.15) is 0 Å². The minimum absolute atomic E-state index is 0.145. The molecule has 2 fully saturated rings. The van der Waals surface area contributed by atoms with E-state index in [0.29, 0.717) is 19.2 Å². The average molecular weight is 517 g/mol. The van der Waals surface area contributed by atoms with E-state index in [2.05, 4.69) is 46.3 Å². The molecule has 2 atom stereocenters. The maximum atomic E-state index is 13.5. The number of halogens is 3. The van der Waals surface area contributed by atoms with Gasteiger partial charge in [-0.15, -0.1) is 0 Å². The second-order valence-electron chi connectivity index (χ2n) is 9.19. The minimum atomic E-state index is -5.08. The summed E-state index contributed by atoms with van der Waals surface area (Å²) < 4.78 is 39.1. The van der Waals surface area contributed by atoms with Crippen LogP contribution >= 0.6 is 11.3 Å². The third-order valence-electron chi connectivity index (χ3n) is 6.52. The zero-order valence-corrected chi connectivity index (χ0v) is 20.8.